The lowest BCUT2D eigenvalue weighted by atomic mass is 10.0. The van der Waals surface area contributed by atoms with E-state index in [1.807, 2.05) is 30.3 Å². The number of hydrogen-bond acceptors (Lipinski definition) is 4. The van der Waals surface area contributed by atoms with Gasteiger partial charge in [-0.05, 0) is 22.9 Å². The van der Waals surface area contributed by atoms with E-state index >= 15 is 0 Å². The summed E-state index contributed by atoms with van der Waals surface area (Å²) in [5, 5.41) is 0. The van der Waals surface area contributed by atoms with E-state index in [1.165, 1.54) is 0 Å². The third-order valence-corrected chi connectivity index (χ3v) is 4.21. The van der Waals surface area contributed by atoms with Crippen LogP contribution in [0.2, 0.25) is 0 Å². The molecule has 0 bridgehead atoms. The molecule has 4 atom stereocenters. The Bertz CT molecular complexity index is 590. The van der Waals surface area contributed by atoms with Crippen LogP contribution >= 0.6 is 15.9 Å². The summed E-state index contributed by atoms with van der Waals surface area (Å²) < 4.78 is 24.2. The Morgan fingerprint density at radius 1 is 1.32 bits per heavy atom. The van der Waals surface area contributed by atoms with Crippen molar-refractivity contribution < 1.29 is 18.9 Å². The van der Waals surface area contributed by atoms with Crippen LogP contribution in [0.25, 0.3) is 0 Å². The summed E-state index contributed by atoms with van der Waals surface area (Å²) in [5.74, 6) is 5.73. The molecule has 4 nitrogen and oxygen atoms in total. The third-order valence-electron chi connectivity index (χ3n) is 3.57. The lowest BCUT2D eigenvalue weighted by Crippen LogP contribution is -2.51. The molecule has 1 aromatic carbocycles. The van der Waals surface area contributed by atoms with Crippen molar-refractivity contribution in [2.75, 3.05) is 13.2 Å². The van der Waals surface area contributed by atoms with Crippen molar-refractivity contribution in [3.05, 3.63) is 46.6 Å². The summed E-state index contributed by atoms with van der Waals surface area (Å²) in [6.07, 6.45) is 0.584. The fourth-order valence-corrected chi connectivity index (χ4v) is 2.97. The summed E-state index contributed by atoms with van der Waals surface area (Å²) in [6, 6.07) is 9.86. The van der Waals surface area contributed by atoms with E-state index in [0.717, 1.165) is 10.0 Å². The van der Waals surface area contributed by atoms with Crippen LogP contribution < -0.4 is 0 Å². The minimum absolute atomic E-state index is 0.180. The molecular weight excluding hydrogens is 348 g/mol. The van der Waals surface area contributed by atoms with E-state index < -0.39 is 6.29 Å². The number of halogens is 1. The molecule has 0 radical (unpaired) electrons. The van der Waals surface area contributed by atoms with Gasteiger partial charge in [-0.15, -0.1) is 5.92 Å². The zero-order valence-corrected chi connectivity index (χ0v) is 13.8. The van der Waals surface area contributed by atoms with Crippen molar-refractivity contribution in [2.24, 2.45) is 0 Å². The molecule has 0 amide bonds. The van der Waals surface area contributed by atoms with Crippen LogP contribution in [0.15, 0.2) is 41.1 Å². The molecule has 2 aliphatic rings. The molecular formula is C17H17BrO4. The fourth-order valence-electron chi connectivity index (χ4n) is 2.47. The third kappa shape index (κ3) is 3.36. The number of rotatable bonds is 3. The zero-order valence-electron chi connectivity index (χ0n) is 12.2. The van der Waals surface area contributed by atoms with Gasteiger partial charge < -0.3 is 18.9 Å². The van der Waals surface area contributed by atoms with E-state index in [4.69, 9.17) is 18.9 Å². The van der Waals surface area contributed by atoms with E-state index in [2.05, 4.69) is 27.8 Å². The van der Waals surface area contributed by atoms with Crippen LogP contribution in [0.5, 0.6) is 0 Å². The second-order valence-corrected chi connectivity index (χ2v) is 5.93. The highest BCUT2D eigenvalue weighted by molar-refractivity contribution is 9.11. The Hall–Kier alpha value is -1.32. The SMILES string of the molecule is CC#CCO[C@@H]1C(Br)=CO[C@@H]2COC(c3ccccc3)O[C@@H]12. The van der Waals surface area contributed by atoms with Gasteiger partial charge in [-0.25, -0.2) is 0 Å². The van der Waals surface area contributed by atoms with Gasteiger partial charge >= 0.3 is 0 Å². The molecule has 1 aromatic rings. The Morgan fingerprint density at radius 2 is 2.14 bits per heavy atom. The van der Waals surface area contributed by atoms with E-state index in [-0.39, 0.29) is 18.3 Å². The number of ether oxygens (including phenoxy) is 4. The Labute approximate surface area is 138 Å². The molecule has 1 fully saturated rings. The van der Waals surface area contributed by atoms with Gasteiger partial charge in [0.2, 0.25) is 0 Å². The van der Waals surface area contributed by atoms with E-state index in [9.17, 15) is 0 Å². The lowest BCUT2D eigenvalue weighted by Gasteiger charge is -2.41. The summed E-state index contributed by atoms with van der Waals surface area (Å²) >= 11 is 3.49. The maximum Gasteiger partial charge on any atom is 0.184 e. The van der Waals surface area contributed by atoms with Gasteiger partial charge in [0, 0.05) is 5.56 Å². The predicted molar refractivity (Wildman–Crippen MR) is 85.1 cm³/mol. The molecule has 0 aliphatic carbocycles. The monoisotopic (exact) mass is 364 g/mol. The minimum atomic E-state index is -0.409. The smallest absolute Gasteiger partial charge is 0.184 e. The van der Waals surface area contributed by atoms with Crippen molar-refractivity contribution in [3.63, 3.8) is 0 Å². The average molecular weight is 365 g/mol. The summed E-state index contributed by atoms with van der Waals surface area (Å²) in [6.45, 7) is 2.60. The minimum Gasteiger partial charge on any atom is -0.492 e. The van der Waals surface area contributed by atoms with Gasteiger partial charge in [0.15, 0.2) is 12.4 Å². The first-order valence-electron chi connectivity index (χ1n) is 7.14. The molecule has 0 aromatic heterocycles. The van der Waals surface area contributed by atoms with Gasteiger partial charge in [-0.3, -0.25) is 0 Å². The van der Waals surface area contributed by atoms with Crippen LogP contribution in [0.3, 0.4) is 0 Å². The Kier molecular flexibility index (Phi) is 5.16. The quantitative estimate of drug-likeness (QED) is 0.772. The second-order valence-electron chi connectivity index (χ2n) is 5.01. The van der Waals surface area contributed by atoms with Crippen molar-refractivity contribution in [1.29, 1.82) is 0 Å². The van der Waals surface area contributed by atoms with Gasteiger partial charge in [0.1, 0.15) is 18.8 Å². The zero-order chi connectivity index (χ0) is 15.4. The highest BCUT2D eigenvalue weighted by Gasteiger charge is 2.43. The van der Waals surface area contributed by atoms with E-state index in [0.29, 0.717) is 13.2 Å². The highest BCUT2D eigenvalue weighted by Crippen LogP contribution is 2.36. The van der Waals surface area contributed by atoms with Crippen molar-refractivity contribution in [3.8, 4) is 11.8 Å². The predicted octanol–water partition coefficient (Wildman–Crippen LogP) is 3.14. The van der Waals surface area contributed by atoms with Crippen molar-refractivity contribution >= 4 is 15.9 Å². The van der Waals surface area contributed by atoms with Crippen molar-refractivity contribution in [1.82, 2.24) is 0 Å². The first-order chi connectivity index (χ1) is 10.8. The van der Waals surface area contributed by atoms with Crippen LogP contribution in [0, 0.1) is 11.8 Å². The van der Waals surface area contributed by atoms with Crippen molar-refractivity contribution in [2.45, 2.75) is 31.5 Å². The fraction of sp³-hybridized carbons (Fsp3) is 0.412. The number of benzene rings is 1. The van der Waals surface area contributed by atoms with Gasteiger partial charge in [0.05, 0.1) is 17.4 Å². The molecule has 22 heavy (non-hydrogen) atoms. The lowest BCUT2D eigenvalue weighted by molar-refractivity contribution is -0.279. The summed E-state index contributed by atoms with van der Waals surface area (Å²) in [5.41, 5.74) is 0.985. The van der Waals surface area contributed by atoms with Gasteiger partial charge in [-0.1, -0.05) is 36.3 Å². The van der Waals surface area contributed by atoms with Crippen LogP contribution in [0.1, 0.15) is 18.8 Å². The number of hydrogen-bond donors (Lipinski definition) is 0. The molecule has 5 heteroatoms. The van der Waals surface area contributed by atoms with Gasteiger partial charge in [0.25, 0.3) is 0 Å². The number of fused-ring (bicyclic) bond motifs is 1. The van der Waals surface area contributed by atoms with Crippen LogP contribution in [-0.4, -0.2) is 31.5 Å². The molecule has 0 spiro atoms. The Balaban J connectivity index is 1.75. The first-order valence-corrected chi connectivity index (χ1v) is 7.93. The summed E-state index contributed by atoms with van der Waals surface area (Å²) in [4.78, 5) is 0. The van der Waals surface area contributed by atoms with Crippen LogP contribution in [-0.2, 0) is 18.9 Å². The molecule has 1 saturated heterocycles. The van der Waals surface area contributed by atoms with Crippen LogP contribution in [0.4, 0.5) is 0 Å². The maximum atomic E-state index is 6.10. The average Bonchev–Trinajstić information content (AvgIpc) is 2.57. The standard InChI is InChI=1S/C17H17BrO4/c1-2-3-9-19-15-13(18)10-20-14-11-21-17(22-16(14)15)12-7-5-4-6-8-12/h4-8,10,14-17H,9,11H2,1H3/t14-,15-,16-,17?/m1/s1. The normalized spacial score (nSPS) is 30.4. The largest absolute Gasteiger partial charge is 0.492 e. The molecule has 1 unspecified atom stereocenters. The highest BCUT2D eigenvalue weighted by atomic mass is 79.9. The topological polar surface area (TPSA) is 36.9 Å². The molecule has 3 rings (SSSR count). The molecule has 2 heterocycles. The van der Waals surface area contributed by atoms with Gasteiger partial charge in [-0.2, -0.15) is 0 Å². The second kappa shape index (κ2) is 7.30. The Morgan fingerprint density at radius 3 is 2.91 bits per heavy atom. The summed E-state index contributed by atoms with van der Waals surface area (Å²) in [7, 11) is 0. The van der Waals surface area contributed by atoms with E-state index in [1.54, 1.807) is 13.2 Å². The molecule has 116 valence electrons. The first kappa shape index (κ1) is 15.6. The molecule has 0 N–H and O–H groups in total. The maximum absolute atomic E-state index is 6.10. The molecule has 0 saturated carbocycles. The molecule has 2 aliphatic heterocycles.